The smallest absolute Gasteiger partial charge is 0.423 e. The zero-order valence-electron chi connectivity index (χ0n) is 15.0. The van der Waals surface area contributed by atoms with E-state index in [0.717, 1.165) is 31.7 Å². The van der Waals surface area contributed by atoms with Gasteiger partial charge in [0, 0.05) is 0 Å². The van der Waals surface area contributed by atoms with Gasteiger partial charge in [-0.25, -0.2) is 0 Å². The van der Waals surface area contributed by atoms with Gasteiger partial charge in [-0.3, -0.25) is 4.79 Å². The summed E-state index contributed by atoms with van der Waals surface area (Å²) < 4.78 is 40.6. The molecule has 1 amide bonds. The maximum Gasteiger partial charge on any atom is 0.488 e. The van der Waals surface area contributed by atoms with Crippen molar-refractivity contribution in [1.29, 1.82) is 0 Å². The molecule has 0 aromatic heterocycles. The molecule has 3 N–H and O–H groups in total. The molecule has 2 aromatic carbocycles. The van der Waals surface area contributed by atoms with Crippen molar-refractivity contribution >= 4 is 24.2 Å². The lowest BCUT2D eigenvalue weighted by molar-refractivity contribution is -0.136. The van der Waals surface area contributed by atoms with Crippen LogP contribution in [0.3, 0.4) is 0 Å². The van der Waals surface area contributed by atoms with E-state index in [9.17, 15) is 28.0 Å². The molecule has 1 fully saturated rings. The Morgan fingerprint density at radius 2 is 1.68 bits per heavy atom. The summed E-state index contributed by atoms with van der Waals surface area (Å²) in [4.78, 5) is 13.3. The SMILES string of the molecule is O=C1Nc2c(C(F)(F)F)cccc2[C@]1(c1ccc(B(O)O)cc1)C1CCCC1. The van der Waals surface area contributed by atoms with Gasteiger partial charge in [-0.15, -0.1) is 0 Å². The number of hydrogen-bond acceptors (Lipinski definition) is 3. The first-order valence-corrected chi connectivity index (χ1v) is 9.25. The first-order valence-electron chi connectivity index (χ1n) is 9.25. The lowest BCUT2D eigenvalue weighted by atomic mass is 9.65. The number of hydrogen-bond donors (Lipinski definition) is 3. The van der Waals surface area contributed by atoms with E-state index in [2.05, 4.69) is 5.32 Å². The van der Waals surface area contributed by atoms with Crippen LogP contribution in [0.4, 0.5) is 18.9 Å². The van der Waals surface area contributed by atoms with Gasteiger partial charge in [0.05, 0.1) is 11.3 Å². The zero-order valence-corrected chi connectivity index (χ0v) is 15.0. The predicted octanol–water partition coefficient (Wildman–Crippen LogP) is 2.81. The van der Waals surface area contributed by atoms with E-state index in [1.165, 1.54) is 18.2 Å². The minimum Gasteiger partial charge on any atom is -0.423 e. The zero-order chi connectivity index (χ0) is 20.1. The lowest BCUT2D eigenvalue weighted by Gasteiger charge is -2.34. The fraction of sp³-hybridized carbons (Fsp3) is 0.350. The molecule has 1 heterocycles. The Bertz CT molecular complexity index is 908. The summed E-state index contributed by atoms with van der Waals surface area (Å²) in [5.74, 6) is -0.578. The van der Waals surface area contributed by atoms with E-state index in [1.807, 2.05) is 0 Å². The highest BCUT2D eigenvalue weighted by Crippen LogP contribution is 2.54. The van der Waals surface area contributed by atoms with Crippen LogP contribution in [0.25, 0.3) is 0 Å². The summed E-state index contributed by atoms with van der Waals surface area (Å²) in [6, 6.07) is 10.1. The molecular weight excluding hydrogens is 370 g/mol. The number of alkyl halides is 3. The predicted molar refractivity (Wildman–Crippen MR) is 99.1 cm³/mol. The van der Waals surface area contributed by atoms with E-state index in [0.29, 0.717) is 11.1 Å². The first kappa shape index (κ1) is 19.0. The number of benzene rings is 2. The Labute approximate surface area is 160 Å². The third-order valence-corrected chi connectivity index (χ3v) is 6.02. The Morgan fingerprint density at radius 1 is 1.04 bits per heavy atom. The number of para-hydroxylation sites is 1. The van der Waals surface area contributed by atoms with E-state index >= 15 is 0 Å². The summed E-state index contributed by atoms with van der Waals surface area (Å²) in [5.41, 5.74) is -1.06. The first-order chi connectivity index (χ1) is 13.3. The maximum absolute atomic E-state index is 13.5. The second kappa shape index (κ2) is 6.63. The molecule has 1 atom stereocenters. The van der Waals surface area contributed by atoms with E-state index in [4.69, 9.17) is 0 Å². The highest BCUT2D eigenvalue weighted by molar-refractivity contribution is 6.58. The molecule has 4 nitrogen and oxygen atoms in total. The molecule has 2 aliphatic rings. The van der Waals surface area contributed by atoms with Crippen LogP contribution in [-0.4, -0.2) is 23.1 Å². The molecule has 2 aromatic rings. The minimum atomic E-state index is -4.57. The van der Waals surface area contributed by atoms with Gasteiger partial charge in [-0.05, 0) is 41.4 Å². The molecule has 28 heavy (non-hydrogen) atoms. The molecule has 8 heteroatoms. The van der Waals surface area contributed by atoms with Crippen molar-refractivity contribution in [3.63, 3.8) is 0 Å². The molecule has 0 radical (unpaired) electrons. The monoisotopic (exact) mass is 389 g/mol. The Kier molecular flexibility index (Phi) is 4.51. The average molecular weight is 389 g/mol. The quantitative estimate of drug-likeness (QED) is 0.708. The highest BCUT2D eigenvalue weighted by Gasteiger charge is 2.55. The number of carbonyl (C=O) groups excluding carboxylic acids is 1. The van der Waals surface area contributed by atoms with Crippen molar-refractivity contribution in [2.45, 2.75) is 37.3 Å². The molecule has 0 bridgehead atoms. The second-order valence-corrected chi connectivity index (χ2v) is 7.47. The topological polar surface area (TPSA) is 69.6 Å². The summed E-state index contributed by atoms with van der Waals surface area (Å²) in [7, 11) is -1.65. The number of halogens is 3. The summed E-state index contributed by atoms with van der Waals surface area (Å²) >= 11 is 0. The van der Waals surface area contributed by atoms with Gasteiger partial charge in [0.25, 0.3) is 0 Å². The van der Waals surface area contributed by atoms with Gasteiger partial charge in [0.15, 0.2) is 0 Å². The van der Waals surface area contributed by atoms with Crippen LogP contribution in [-0.2, 0) is 16.4 Å². The van der Waals surface area contributed by atoms with Crippen molar-refractivity contribution in [1.82, 2.24) is 0 Å². The molecule has 0 spiro atoms. The Hall–Kier alpha value is -2.32. The van der Waals surface area contributed by atoms with Crippen molar-refractivity contribution in [3.8, 4) is 0 Å². The molecule has 1 saturated carbocycles. The molecule has 1 aliphatic carbocycles. The normalized spacial score (nSPS) is 22.2. The van der Waals surface area contributed by atoms with E-state index < -0.39 is 30.2 Å². The van der Waals surface area contributed by atoms with Crippen molar-refractivity contribution in [2.24, 2.45) is 5.92 Å². The molecular formula is C20H19BF3NO3. The van der Waals surface area contributed by atoms with E-state index in [-0.39, 0.29) is 17.1 Å². The fourth-order valence-electron chi connectivity index (χ4n) is 4.79. The standard InChI is InChI=1S/C20H19BF3NO3/c22-20(23,24)16-7-3-6-15-17(16)25-18(26)19(15,12-4-1-2-5-12)13-8-10-14(11-9-13)21(27)28/h3,6-12,27-28H,1-2,4-5H2,(H,25,26)/t19-/m1/s1. The van der Waals surface area contributed by atoms with Gasteiger partial charge in [0.1, 0.15) is 5.41 Å². The Morgan fingerprint density at radius 3 is 2.25 bits per heavy atom. The van der Waals surface area contributed by atoms with Crippen LogP contribution in [0, 0.1) is 5.92 Å². The molecule has 0 unspecified atom stereocenters. The summed E-state index contributed by atoms with van der Waals surface area (Å²) in [5, 5.41) is 21.2. The fourth-order valence-corrected chi connectivity index (χ4v) is 4.79. The Balaban J connectivity index is 1.95. The van der Waals surface area contributed by atoms with Crippen LogP contribution in [0.15, 0.2) is 42.5 Å². The second-order valence-electron chi connectivity index (χ2n) is 7.47. The summed E-state index contributed by atoms with van der Waals surface area (Å²) in [6.07, 6.45) is -1.25. The number of nitrogens with one attached hydrogen (secondary N) is 1. The highest BCUT2D eigenvalue weighted by atomic mass is 19.4. The van der Waals surface area contributed by atoms with Crippen LogP contribution >= 0.6 is 0 Å². The van der Waals surface area contributed by atoms with Crippen molar-refractivity contribution in [2.75, 3.05) is 5.32 Å². The van der Waals surface area contributed by atoms with Crippen LogP contribution in [0.5, 0.6) is 0 Å². The maximum atomic E-state index is 13.5. The third kappa shape index (κ3) is 2.74. The number of amides is 1. The van der Waals surface area contributed by atoms with Crippen LogP contribution in [0.2, 0.25) is 0 Å². The lowest BCUT2D eigenvalue weighted by Crippen LogP contribution is -2.42. The molecule has 1 aliphatic heterocycles. The van der Waals surface area contributed by atoms with Crippen molar-refractivity contribution in [3.05, 3.63) is 59.2 Å². The van der Waals surface area contributed by atoms with Gasteiger partial charge < -0.3 is 15.4 Å². The van der Waals surface area contributed by atoms with Gasteiger partial charge in [0.2, 0.25) is 5.91 Å². The molecule has 4 rings (SSSR count). The van der Waals surface area contributed by atoms with Gasteiger partial charge in [-0.2, -0.15) is 13.2 Å². The van der Waals surface area contributed by atoms with Gasteiger partial charge >= 0.3 is 13.3 Å². The van der Waals surface area contributed by atoms with Crippen molar-refractivity contribution < 1.29 is 28.0 Å². The molecule has 146 valence electrons. The third-order valence-electron chi connectivity index (χ3n) is 6.02. The number of fused-ring (bicyclic) bond motifs is 1. The number of rotatable bonds is 3. The minimum absolute atomic E-state index is 0.123. The van der Waals surface area contributed by atoms with Crippen LogP contribution in [0.1, 0.15) is 42.4 Å². The van der Waals surface area contributed by atoms with E-state index in [1.54, 1.807) is 18.2 Å². The van der Waals surface area contributed by atoms with Crippen LogP contribution < -0.4 is 10.8 Å². The number of carbonyl (C=O) groups is 1. The summed E-state index contributed by atoms with van der Waals surface area (Å²) in [6.45, 7) is 0. The number of anilines is 1. The largest absolute Gasteiger partial charge is 0.488 e. The average Bonchev–Trinajstić information content (AvgIpc) is 3.26. The van der Waals surface area contributed by atoms with Gasteiger partial charge in [-0.1, -0.05) is 49.2 Å². The molecule has 0 saturated heterocycles.